The number of aliphatic hydroxyl groups is 1. The number of halogens is 3. The maximum Gasteiger partial charge on any atom is 0.128 e. The van der Waals surface area contributed by atoms with Crippen molar-refractivity contribution in [2.45, 2.75) is 12.5 Å². The highest BCUT2D eigenvalue weighted by Crippen LogP contribution is 2.40. The molecule has 1 heterocycles. The van der Waals surface area contributed by atoms with Crippen LogP contribution < -0.4 is 4.74 Å². The van der Waals surface area contributed by atoms with Crippen LogP contribution >= 0.6 is 34.8 Å². The normalized spacial score (nSPS) is 14.8. The van der Waals surface area contributed by atoms with Crippen LogP contribution in [0.5, 0.6) is 5.75 Å². The van der Waals surface area contributed by atoms with Gasteiger partial charge >= 0.3 is 0 Å². The fourth-order valence-electron chi connectivity index (χ4n) is 2.39. The van der Waals surface area contributed by atoms with Crippen molar-refractivity contribution in [2.75, 3.05) is 6.61 Å². The fourth-order valence-corrected chi connectivity index (χ4v) is 3.15. The molecule has 5 heteroatoms. The summed E-state index contributed by atoms with van der Waals surface area (Å²) in [6.45, 7) is 0.601. The molecule has 1 atom stereocenters. The van der Waals surface area contributed by atoms with E-state index < -0.39 is 6.10 Å². The molecule has 2 nitrogen and oxygen atoms in total. The topological polar surface area (TPSA) is 29.5 Å². The fraction of sp³-hybridized carbons (Fsp3) is 0.200. The Morgan fingerprint density at radius 1 is 1.00 bits per heavy atom. The van der Waals surface area contributed by atoms with Crippen LogP contribution in [0.25, 0.3) is 0 Å². The third-order valence-electron chi connectivity index (χ3n) is 3.33. The van der Waals surface area contributed by atoms with E-state index in [9.17, 15) is 5.11 Å². The molecule has 3 rings (SSSR count). The summed E-state index contributed by atoms with van der Waals surface area (Å²) >= 11 is 18.1. The van der Waals surface area contributed by atoms with E-state index in [0.717, 1.165) is 12.0 Å². The molecule has 0 saturated heterocycles. The summed E-state index contributed by atoms with van der Waals surface area (Å²) in [4.78, 5) is 0. The van der Waals surface area contributed by atoms with Crippen LogP contribution in [-0.4, -0.2) is 11.7 Å². The summed E-state index contributed by atoms with van der Waals surface area (Å²) in [5.41, 5.74) is 2.22. The Morgan fingerprint density at radius 2 is 1.80 bits per heavy atom. The van der Waals surface area contributed by atoms with E-state index in [1.54, 1.807) is 24.3 Å². The number of ether oxygens (including phenoxy) is 1. The van der Waals surface area contributed by atoms with Crippen LogP contribution in [0.15, 0.2) is 30.3 Å². The van der Waals surface area contributed by atoms with E-state index in [-0.39, 0.29) is 0 Å². The molecule has 0 aromatic heterocycles. The van der Waals surface area contributed by atoms with E-state index in [2.05, 4.69) is 0 Å². The molecular weight excluding hydrogens is 319 g/mol. The van der Waals surface area contributed by atoms with E-state index in [0.29, 0.717) is 38.6 Å². The van der Waals surface area contributed by atoms with Gasteiger partial charge in [0.2, 0.25) is 0 Å². The molecule has 104 valence electrons. The molecule has 0 bridgehead atoms. The third kappa shape index (κ3) is 2.49. The van der Waals surface area contributed by atoms with E-state index in [4.69, 9.17) is 39.5 Å². The van der Waals surface area contributed by atoms with Crippen LogP contribution in [0, 0.1) is 0 Å². The Kier molecular flexibility index (Phi) is 3.83. The van der Waals surface area contributed by atoms with Gasteiger partial charge in [-0.3, -0.25) is 0 Å². The van der Waals surface area contributed by atoms with Crippen LogP contribution in [0.2, 0.25) is 15.1 Å². The third-order valence-corrected chi connectivity index (χ3v) is 4.11. The average Bonchev–Trinajstić information content (AvgIpc) is 2.85. The van der Waals surface area contributed by atoms with Gasteiger partial charge in [-0.25, -0.2) is 0 Å². The Hall–Kier alpha value is -0.930. The first-order valence-electron chi connectivity index (χ1n) is 6.14. The number of benzene rings is 2. The number of hydrogen-bond donors (Lipinski definition) is 1. The standard InChI is InChI=1S/C15H11Cl3O2/c16-9-1-2-11(13(18)7-9)14(19)12-6-10(17)5-8-3-4-20-15(8)12/h1-2,5-7,14,19H,3-4H2. The smallest absolute Gasteiger partial charge is 0.128 e. The van der Waals surface area contributed by atoms with Crippen LogP contribution in [0.3, 0.4) is 0 Å². The minimum Gasteiger partial charge on any atom is -0.493 e. The predicted octanol–water partition coefficient (Wildman–Crippen LogP) is 4.66. The molecule has 0 spiro atoms. The largest absolute Gasteiger partial charge is 0.493 e. The zero-order valence-electron chi connectivity index (χ0n) is 10.4. The van der Waals surface area contributed by atoms with Crippen LogP contribution in [-0.2, 0) is 6.42 Å². The Morgan fingerprint density at radius 3 is 2.55 bits per heavy atom. The molecule has 1 N–H and O–H groups in total. The van der Waals surface area contributed by atoms with Gasteiger partial charge in [-0.05, 0) is 29.8 Å². The Labute approximate surface area is 131 Å². The molecule has 0 radical (unpaired) electrons. The number of hydrogen-bond acceptors (Lipinski definition) is 2. The van der Waals surface area contributed by atoms with Gasteiger partial charge in [0.05, 0.1) is 6.61 Å². The molecule has 0 fully saturated rings. The second-order valence-corrected chi connectivity index (χ2v) is 5.93. The Bertz CT molecular complexity index is 670. The maximum absolute atomic E-state index is 10.6. The first-order valence-corrected chi connectivity index (χ1v) is 7.28. The van der Waals surface area contributed by atoms with Crippen molar-refractivity contribution in [3.63, 3.8) is 0 Å². The number of fused-ring (bicyclic) bond motifs is 1. The summed E-state index contributed by atoms with van der Waals surface area (Å²) in [5, 5.41) is 12.1. The summed E-state index contributed by atoms with van der Waals surface area (Å²) in [6.07, 6.45) is -0.102. The highest BCUT2D eigenvalue weighted by Gasteiger charge is 2.24. The lowest BCUT2D eigenvalue weighted by atomic mass is 9.98. The van der Waals surface area contributed by atoms with Crippen LogP contribution in [0.4, 0.5) is 0 Å². The van der Waals surface area contributed by atoms with Gasteiger partial charge in [-0.2, -0.15) is 0 Å². The van der Waals surface area contributed by atoms with E-state index in [1.807, 2.05) is 6.07 Å². The second kappa shape index (κ2) is 5.45. The molecule has 2 aromatic rings. The van der Waals surface area contributed by atoms with Crippen molar-refractivity contribution in [3.05, 3.63) is 62.1 Å². The van der Waals surface area contributed by atoms with Crippen molar-refractivity contribution in [3.8, 4) is 5.75 Å². The lowest BCUT2D eigenvalue weighted by molar-refractivity contribution is 0.214. The maximum atomic E-state index is 10.6. The molecule has 1 aliphatic rings. The zero-order chi connectivity index (χ0) is 14.3. The molecule has 0 amide bonds. The average molecular weight is 330 g/mol. The van der Waals surface area contributed by atoms with Crippen molar-refractivity contribution in [1.29, 1.82) is 0 Å². The summed E-state index contributed by atoms with van der Waals surface area (Å²) in [7, 11) is 0. The van der Waals surface area contributed by atoms with Gasteiger partial charge in [0, 0.05) is 32.6 Å². The van der Waals surface area contributed by atoms with Gasteiger partial charge in [0.25, 0.3) is 0 Å². The first kappa shape index (κ1) is 14.0. The molecule has 0 aliphatic carbocycles. The molecule has 2 aromatic carbocycles. The molecule has 1 aliphatic heterocycles. The van der Waals surface area contributed by atoms with E-state index in [1.165, 1.54) is 0 Å². The zero-order valence-corrected chi connectivity index (χ0v) is 12.6. The van der Waals surface area contributed by atoms with Gasteiger partial charge in [0.15, 0.2) is 0 Å². The quantitative estimate of drug-likeness (QED) is 0.868. The molecule has 0 saturated carbocycles. The molecule has 20 heavy (non-hydrogen) atoms. The Balaban J connectivity index is 2.09. The summed E-state index contributed by atoms with van der Waals surface area (Å²) in [6, 6.07) is 8.58. The second-order valence-electron chi connectivity index (χ2n) is 4.65. The van der Waals surface area contributed by atoms with Crippen molar-refractivity contribution in [1.82, 2.24) is 0 Å². The number of rotatable bonds is 2. The van der Waals surface area contributed by atoms with Crippen molar-refractivity contribution in [2.24, 2.45) is 0 Å². The van der Waals surface area contributed by atoms with Gasteiger partial charge in [-0.1, -0.05) is 40.9 Å². The number of aliphatic hydroxyl groups excluding tert-OH is 1. The minimum absolute atomic E-state index is 0.414. The monoisotopic (exact) mass is 328 g/mol. The highest BCUT2D eigenvalue weighted by molar-refractivity contribution is 6.35. The predicted molar refractivity (Wildman–Crippen MR) is 81.2 cm³/mol. The van der Waals surface area contributed by atoms with Crippen molar-refractivity contribution >= 4 is 34.8 Å². The highest BCUT2D eigenvalue weighted by atomic mass is 35.5. The van der Waals surface area contributed by atoms with Crippen molar-refractivity contribution < 1.29 is 9.84 Å². The molecular formula is C15H11Cl3O2. The molecule has 1 unspecified atom stereocenters. The van der Waals surface area contributed by atoms with Gasteiger partial charge in [-0.15, -0.1) is 0 Å². The van der Waals surface area contributed by atoms with Crippen LogP contribution in [0.1, 0.15) is 22.8 Å². The van der Waals surface area contributed by atoms with E-state index >= 15 is 0 Å². The summed E-state index contributed by atoms with van der Waals surface area (Å²) in [5.74, 6) is 0.702. The lowest BCUT2D eigenvalue weighted by Crippen LogP contribution is -2.03. The lowest BCUT2D eigenvalue weighted by Gasteiger charge is -2.17. The van der Waals surface area contributed by atoms with Gasteiger partial charge in [0.1, 0.15) is 11.9 Å². The summed E-state index contributed by atoms with van der Waals surface area (Å²) < 4.78 is 5.60. The first-order chi connectivity index (χ1) is 9.56. The van der Waals surface area contributed by atoms with Gasteiger partial charge < -0.3 is 9.84 Å². The SMILES string of the molecule is OC(c1ccc(Cl)cc1Cl)c1cc(Cl)cc2c1OCC2. The minimum atomic E-state index is -0.898.